The van der Waals surface area contributed by atoms with Crippen LogP contribution in [0.5, 0.6) is 11.5 Å². The Labute approximate surface area is 215 Å². The van der Waals surface area contributed by atoms with Gasteiger partial charge in [-0.1, -0.05) is 12.1 Å². The Hall–Kier alpha value is -4.44. The summed E-state index contributed by atoms with van der Waals surface area (Å²) in [7, 11) is 0. The summed E-state index contributed by atoms with van der Waals surface area (Å²) in [6.45, 7) is 4.02. The molecular weight excluding hydrogens is 492 g/mol. The van der Waals surface area contributed by atoms with Crippen LogP contribution in [0, 0.1) is 0 Å². The molecule has 10 heteroatoms. The molecule has 186 valence electrons. The van der Waals surface area contributed by atoms with Gasteiger partial charge in [-0.2, -0.15) is 8.75 Å². The monoisotopic (exact) mass is 514 g/mol. The fourth-order valence-corrected chi connectivity index (χ4v) is 5.18. The second-order valence-electron chi connectivity index (χ2n) is 8.60. The van der Waals surface area contributed by atoms with Gasteiger partial charge < -0.3 is 24.1 Å². The van der Waals surface area contributed by atoms with E-state index in [9.17, 15) is 9.59 Å². The first kappa shape index (κ1) is 23.0. The molecule has 0 aliphatic carbocycles. The van der Waals surface area contributed by atoms with E-state index >= 15 is 0 Å². The summed E-state index contributed by atoms with van der Waals surface area (Å²) < 4.78 is 27.2. The molecule has 0 fully saturated rings. The van der Waals surface area contributed by atoms with E-state index in [1.54, 1.807) is 6.92 Å². The van der Waals surface area contributed by atoms with Crippen LogP contribution in [0.25, 0.3) is 33.1 Å². The van der Waals surface area contributed by atoms with E-state index < -0.39 is 5.97 Å². The Morgan fingerprint density at radius 3 is 2.70 bits per heavy atom. The summed E-state index contributed by atoms with van der Waals surface area (Å²) >= 11 is 1.17. The fourth-order valence-electron chi connectivity index (χ4n) is 4.66. The van der Waals surface area contributed by atoms with Crippen molar-refractivity contribution in [1.29, 1.82) is 0 Å². The van der Waals surface area contributed by atoms with Crippen LogP contribution in [-0.4, -0.2) is 38.6 Å². The van der Waals surface area contributed by atoms with E-state index in [4.69, 9.17) is 14.2 Å². The van der Waals surface area contributed by atoms with Gasteiger partial charge in [-0.3, -0.25) is 4.79 Å². The number of hydrogen-bond donors (Lipinski definition) is 1. The highest BCUT2D eigenvalue weighted by Gasteiger charge is 2.27. The van der Waals surface area contributed by atoms with Crippen molar-refractivity contribution in [3.05, 3.63) is 65.9 Å². The molecule has 0 spiro atoms. The molecule has 0 unspecified atom stereocenters. The molecule has 5 aromatic rings. The Morgan fingerprint density at radius 1 is 1.03 bits per heavy atom. The molecular formula is C27H22N4O5S. The van der Waals surface area contributed by atoms with Gasteiger partial charge in [-0.25, -0.2) is 4.79 Å². The van der Waals surface area contributed by atoms with Crippen LogP contribution < -0.4 is 14.8 Å². The summed E-state index contributed by atoms with van der Waals surface area (Å²) in [5.41, 5.74) is 5.92. The molecule has 1 aliphatic heterocycles. The number of carbonyl (C=O) groups is 2. The molecule has 1 amide bonds. The summed E-state index contributed by atoms with van der Waals surface area (Å²) in [6.07, 6.45) is 0. The number of aromatic nitrogens is 3. The summed E-state index contributed by atoms with van der Waals surface area (Å²) in [6, 6.07) is 17.1. The van der Waals surface area contributed by atoms with Gasteiger partial charge in [-0.05, 0) is 60.5 Å². The van der Waals surface area contributed by atoms with Crippen LogP contribution in [0.4, 0.5) is 5.69 Å². The maximum absolute atomic E-state index is 13.5. The molecule has 0 saturated heterocycles. The highest BCUT2D eigenvalue weighted by atomic mass is 32.1. The molecule has 37 heavy (non-hydrogen) atoms. The van der Waals surface area contributed by atoms with Crippen LogP contribution in [0.15, 0.2) is 54.6 Å². The zero-order chi connectivity index (χ0) is 25.5. The number of amides is 1. The minimum Gasteiger partial charge on any atom is -0.461 e. The van der Waals surface area contributed by atoms with Crippen molar-refractivity contribution in [2.24, 2.45) is 0 Å². The molecule has 1 aliphatic rings. The zero-order valence-corrected chi connectivity index (χ0v) is 20.9. The SMILES string of the molecule is CCOC(=O)c1c(-c2ccc3c(c2)OCO3)c2cc(NC(C)=O)ccc2n1Cc1ccc2nsnc2c1. The smallest absolute Gasteiger partial charge is 0.355 e. The lowest BCUT2D eigenvalue weighted by atomic mass is 10.0. The van der Waals surface area contributed by atoms with Crippen molar-refractivity contribution in [1.82, 2.24) is 13.3 Å². The number of benzene rings is 3. The Balaban J connectivity index is 1.60. The molecule has 0 radical (unpaired) electrons. The van der Waals surface area contributed by atoms with Gasteiger partial charge in [-0.15, -0.1) is 0 Å². The van der Waals surface area contributed by atoms with Gasteiger partial charge in [0.2, 0.25) is 12.7 Å². The van der Waals surface area contributed by atoms with Crippen LogP contribution in [-0.2, 0) is 16.1 Å². The summed E-state index contributed by atoms with van der Waals surface area (Å²) in [4.78, 5) is 25.3. The molecule has 3 heterocycles. The number of hydrogen-bond acceptors (Lipinski definition) is 8. The minimum atomic E-state index is -0.441. The van der Waals surface area contributed by atoms with Gasteiger partial charge in [0.15, 0.2) is 11.5 Å². The summed E-state index contributed by atoms with van der Waals surface area (Å²) in [5, 5.41) is 3.64. The number of esters is 1. The lowest BCUT2D eigenvalue weighted by Gasteiger charge is -2.12. The highest BCUT2D eigenvalue weighted by molar-refractivity contribution is 7.00. The second-order valence-corrected chi connectivity index (χ2v) is 9.13. The standard InChI is InChI=1S/C27H22N4O5S/c1-3-34-27(33)26-25(17-5-9-23-24(11-17)36-14-35-23)19-12-18(28-15(2)32)6-8-22(19)31(26)13-16-4-7-20-21(10-16)30-37-29-20/h4-12H,3,13-14H2,1-2H3,(H,28,32). The van der Waals surface area contributed by atoms with Crippen molar-refractivity contribution in [3.63, 3.8) is 0 Å². The van der Waals surface area contributed by atoms with Crippen LogP contribution >= 0.6 is 11.7 Å². The predicted octanol–water partition coefficient (Wildman–Crippen LogP) is 5.23. The fraction of sp³-hybridized carbons (Fsp3) is 0.185. The predicted molar refractivity (Wildman–Crippen MR) is 140 cm³/mol. The first-order chi connectivity index (χ1) is 18.0. The number of nitrogens with one attached hydrogen (secondary N) is 1. The van der Waals surface area contributed by atoms with Crippen LogP contribution in [0.1, 0.15) is 29.9 Å². The largest absolute Gasteiger partial charge is 0.461 e. The average molecular weight is 515 g/mol. The third-order valence-electron chi connectivity index (χ3n) is 6.17. The van der Waals surface area contributed by atoms with Crippen molar-refractivity contribution < 1.29 is 23.8 Å². The van der Waals surface area contributed by atoms with E-state index in [0.717, 1.165) is 33.1 Å². The van der Waals surface area contributed by atoms with Crippen molar-refractivity contribution in [2.45, 2.75) is 20.4 Å². The van der Waals surface area contributed by atoms with E-state index in [1.807, 2.05) is 59.2 Å². The Bertz CT molecular complexity index is 1690. The van der Waals surface area contributed by atoms with Gasteiger partial charge in [0, 0.05) is 35.6 Å². The lowest BCUT2D eigenvalue weighted by molar-refractivity contribution is -0.114. The summed E-state index contributed by atoms with van der Waals surface area (Å²) in [5.74, 6) is 0.630. The molecule has 0 saturated carbocycles. The topological polar surface area (TPSA) is 105 Å². The molecule has 9 nitrogen and oxygen atoms in total. The maximum Gasteiger partial charge on any atom is 0.355 e. The first-order valence-electron chi connectivity index (χ1n) is 11.7. The normalized spacial score (nSPS) is 12.3. The Morgan fingerprint density at radius 2 is 1.86 bits per heavy atom. The van der Waals surface area contributed by atoms with E-state index in [0.29, 0.717) is 35.0 Å². The molecule has 6 rings (SSSR count). The number of carbonyl (C=O) groups excluding carboxylic acids is 2. The highest BCUT2D eigenvalue weighted by Crippen LogP contribution is 2.42. The van der Waals surface area contributed by atoms with Crippen LogP contribution in [0.2, 0.25) is 0 Å². The van der Waals surface area contributed by atoms with Crippen molar-refractivity contribution >= 4 is 51.2 Å². The number of nitrogens with zero attached hydrogens (tertiary/aromatic N) is 3. The Kier molecular flexibility index (Phi) is 5.72. The van der Waals surface area contributed by atoms with Gasteiger partial charge in [0.05, 0.1) is 18.3 Å². The third-order valence-corrected chi connectivity index (χ3v) is 6.73. The molecule has 2 aromatic heterocycles. The van der Waals surface area contributed by atoms with E-state index in [1.165, 1.54) is 18.7 Å². The minimum absolute atomic E-state index is 0.145. The quantitative estimate of drug-likeness (QED) is 0.310. The van der Waals surface area contributed by atoms with Crippen molar-refractivity contribution in [2.75, 3.05) is 18.7 Å². The second kappa shape index (κ2) is 9.21. The first-order valence-corrected chi connectivity index (χ1v) is 12.5. The van der Waals surface area contributed by atoms with E-state index in [-0.39, 0.29) is 19.3 Å². The zero-order valence-electron chi connectivity index (χ0n) is 20.1. The lowest BCUT2D eigenvalue weighted by Crippen LogP contribution is -2.14. The number of fused-ring (bicyclic) bond motifs is 3. The number of rotatable bonds is 6. The molecule has 0 atom stereocenters. The molecule has 3 aromatic carbocycles. The number of ether oxygens (including phenoxy) is 3. The number of anilines is 1. The maximum atomic E-state index is 13.5. The van der Waals surface area contributed by atoms with Gasteiger partial charge in [0.1, 0.15) is 16.7 Å². The molecule has 0 bridgehead atoms. The van der Waals surface area contributed by atoms with E-state index in [2.05, 4.69) is 14.1 Å². The van der Waals surface area contributed by atoms with Gasteiger partial charge >= 0.3 is 5.97 Å². The van der Waals surface area contributed by atoms with Gasteiger partial charge in [0.25, 0.3) is 0 Å². The average Bonchev–Trinajstić information content (AvgIpc) is 3.60. The van der Waals surface area contributed by atoms with Crippen molar-refractivity contribution in [3.8, 4) is 22.6 Å². The third kappa shape index (κ3) is 4.15. The van der Waals surface area contributed by atoms with Crippen LogP contribution in [0.3, 0.4) is 0 Å². The molecule has 1 N–H and O–H groups in total.